The summed E-state index contributed by atoms with van der Waals surface area (Å²) in [4.78, 5) is 28.2. The fourth-order valence-electron chi connectivity index (χ4n) is 4.95. The Labute approximate surface area is 218 Å². The minimum absolute atomic E-state index is 0.111. The number of benzene rings is 2. The number of nitrogens with two attached hydrogens (primary N) is 2. The number of halogens is 2. The molecule has 194 valence electrons. The highest BCUT2D eigenvalue weighted by Crippen LogP contribution is 2.53. The molecule has 37 heavy (non-hydrogen) atoms. The highest BCUT2D eigenvalue weighted by atomic mass is 35.5. The molecule has 0 fully saturated rings. The number of carbonyl (C=O) groups is 2. The summed E-state index contributed by atoms with van der Waals surface area (Å²) < 4.78 is 33.0. The second-order valence-corrected chi connectivity index (χ2v) is 10.3. The number of amides is 2. The summed E-state index contributed by atoms with van der Waals surface area (Å²) in [6.07, 6.45) is -0.580. The summed E-state index contributed by atoms with van der Waals surface area (Å²) in [6.45, 7) is 5.68. The van der Waals surface area contributed by atoms with E-state index in [4.69, 9.17) is 37.3 Å². The van der Waals surface area contributed by atoms with E-state index in [1.807, 2.05) is 51.1 Å². The van der Waals surface area contributed by atoms with Gasteiger partial charge in [0.05, 0.1) is 12.7 Å². The Bertz CT molecular complexity index is 1380. The number of hydrogen-bond acceptors (Lipinski definition) is 6. The van der Waals surface area contributed by atoms with Gasteiger partial charge in [-0.25, -0.2) is 14.2 Å². The molecule has 2 heterocycles. The number of carbonyl (C=O) groups excluding carboxylic acids is 2. The van der Waals surface area contributed by atoms with Gasteiger partial charge in [-0.15, -0.1) is 0 Å². The maximum absolute atomic E-state index is 15.7. The second-order valence-electron chi connectivity index (χ2n) is 9.85. The minimum Gasteiger partial charge on any atom is -0.479 e. The van der Waals surface area contributed by atoms with Crippen LogP contribution in [0.4, 0.5) is 9.18 Å². The average Bonchev–Trinajstić information content (AvgIpc) is 3.23. The van der Waals surface area contributed by atoms with Gasteiger partial charge in [0.1, 0.15) is 5.75 Å². The van der Waals surface area contributed by atoms with Crippen molar-refractivity contribution in [2.45, 2.75) is 38.9 Å². The van der Waals surface area contributed by atoms with Crippen LogP contribution in [0, 0.1) is 11.2 Å². The molecule has 0 saturated carbocycles. The van der Waals surface area contributed by atoms with Crippen molar-refractivity contribution in [1.29, 1.82) is 0 Å². The molecule has 0 aliphatic carbocycles. The van der Waals surface area contributed by atoms with Crippen molar-refractivity contribution >= 4 is 23.6 Å². The Balaban J connectivity index is 2.02. The predicted octanol–water partition coefficient (Wildman–Crippen LogP) is 4.99. The van der Waals surface area contributed by atoms with Crippen LogP contribution < -0.4 is 20.9 Å². The standard InChI is InChI=1S/C27H27ClFN3O5/c1-26(2,3)24(36-25(31)34)27(14-8-6-5-7-9-14)12-15-18(37-27)11-10-17(28)19(15)20-16(22(30)33)13-32-23(35-4)21(20)29/h5-11,13,24H,12H2,1-4H3,(H2,30,33)(H2,31,34). The molecule has 2 unspecified atom stereocenters. The third-order valence-electron chi connectivity index (χ3n) is 6.35. The van der Waals surface area contributed by atoms with E-state index in [1.165, 1.54) is 13.2 Å². The Morgan fingerprint density at radius 2 is 1.81 bits per heavy atom. The Kier molecular flexibility index (Phi) is 6.77. The normalized spacial score (nSPS) is 17.5. The van der Waals surface area contributed by atoms with Gasteiger partial charge in [-0.2, -0.15) is 0 Å². The van der Waals surface area contributed by atoms with Crippen LogP contribution in [-0.2, 0) is 16.8 Å². The third kappa shape index (κ3) is 4.55. The summed E-state index contributed by atoms with van der Waals surface area (Å²) in [5.74, 6) is -1.75. The Hall–Kier alpha value is -3.85. The van der Waals surface area contributed by atoms with Crippen LogP contribution in [0.5, 0.6) is 11.6 Å². The van der Waals surface area contributed by atoms with Crippen molar-refractivity contribution in [3.05, 3.63) is 76.2 Å². The van der Waals surface area contributed by atoms with Gasteiger partial charge in [0.15, 0.2) is 17.5 Å². The van der Waals surface area contributed by atoms with E-state index in [2.05, 4.69) is 4.98 Å². The van der Waals surface area contributed by atoms with Crippen molar-refractivity contribution in [3.8, 4) is 22.8 Å². The van der Waals surface area contributed by atoms with E-state index in [0.717, 1.165) is 6.20 Å². The van der Waals surface area contributed by atoms with Crippen molar-refractivity contribution in [1.82, 2.24) is 4.98 Å². The smallest absolute Gasteiger partial charge is 0.404 e. The van der Waals surface area contributed by atoms with Crippen LogP contribution in [0.25, 0.3) is 11.1 Å². The first-order chi connectivity index (χ1) is 17.4. The molecule has 1 aliphatic rings. The van der Waals surface area contributed by atoms with Crippen LogP contribution in [0.2, 0.25) is 5.02 Å². The number of aromatic nitrogens is 1. The van der Waals surface area contributed by atoms with Crippen molar-refractivity contribution in [2.75, 3.05) is 7.11 Å². The first-order valence-electron chi connectivity index (χ1n) is 11.5. The van der Waals surface area contributed by atoms with E-state index in [1.54, 1.807) is 6.07 Å². The van der Waals surface area contributed by atoms with E-state index in [0.29, 0.717) is 16.9 Å². The van der Waals surface area contributed by atoms with Crippen LogP contribution >= 0.6 is 11.6 Å². The van der Waals surface area contributed by atoms with Crippen molar-refractivity contribution in [2.24, 2.45) is 16.9 Å². The highest BCUT2D eigenvalue weighted by Gasteiger charge is 2.55. The molecule has 2 aromatic carbocycles. The Morgan fingerprint density at radius 3 is 2.38 bits per heavy atom. The number of pyridine rings is 1. The van der Waals surface area contributed by atoms with Gasteiger partial charge in [0.25, 0.3) is 11.8 Å². The summed E-state index contributed by atoms with van der Waals surface area (Å²) in [7, 11) is 1.26. The number of fused-ring (bicyclic) bond motifs is 1. The number of nitrogens with zero attached hydrogens (tertiary/aromatic N) is 1. The summed E-state index contributed by atoms with van der Waals surface area (Å²) in [5.41, 5.74) is 10.3. The lowest BCUT2D eigenvalue weighted by Crippen LogP contribution is -2.53. The SMILES string of the molecule is COc1ncc(C(N)=O)c(-c2c(Cl)ccc3c2CC(c2ccccc2)(C(OC(N)=O)C(C)(C)C)O3)c1F. The quantitative estimate of drug-likeness (QED) is 0.465. The zero-order chi connectivity index (χ0) is 27.1. The summed E-state index contributed by atoms with van der Waals surface area (Å²) in [5, 5.41) is 0.156. The molecule has 0 spiro atoms. The summed E-state index contributed by atoms with van der Waals surface area (Å²) in [6, 6.07) is 12.4. The molecule has 4 rings (SSSR count). The number of methoxy groups -OCH3 is 1. The number of primary amides is 2. The third-order valence-corrected chi connectivity index (χ3v) is 6.67. The molecule has 0 radical (unpaired) electrons. The van der Waals surface area contributed by atoms with E-state index < -0.39 is 34.9 Å². The molecular formula is C27H27ClFN3O5. The van der Waals surface area contributed by atoms with Crippen LogP contribution in [0.15, 0.2) is 48.7 Å². The molecule has 3 aromatic rings. The van der Waals surface area contributed by atoms with E-state index in [9.17, 15) is 9.59 Å². The zero-order valence-corrected chi connectivity index (χ0v) is 21.6. The maximum atomic E-state index is 15.7. The lowest BCUT2D eigenvalue weighted by molar-refractivity contribution is -0.100. The van der Waals surface area contributed by atoms with Gasteiger partial charge in [-0.05, 0) is 17.7 Å². The fraction of sp³-hybridized carbons (Fsp3) is 0.296. The molecule has 0 bridgehead atoms. The van der Waals surface area contributed by atoms with Gasteiger partial charge in [0, 0.05) is 39.7 Å². The summed E-state index contributed by atoms with van der Waals surface area (Å²) >= 11 is 6.64. The van der Waals surface area contributed by atoms with Crippen LogP contribution in [0.1, 0.15) is 42.3 Å². The van der Waals surface area contributed by atoms with Gasteiger partial charge < -0.3 is 25.7 Å². The first kappa shape index (κ1) is 26.2. The highest BCUT2D eigenvalue weighted by molar-refractivity contribution is 6.34. The fourth-order valence-corrected chi connectivity index (χ4v) is 5.22. The molecule has 2 amide bonds. The lowest BCUT2D eigenvalue weighted by Gasteiger charge is -2.43. The van der Waals surface area contributed by atoms with E-state index in [-0.39, 0.29) is 34.0 Å². The lowest BCUT2D eigenvalue weighted by atomic mass is 9.72. The average molecular weight is 528 g/mol. The zero-order valence-electron chi connectivity index (χ0n) is 20.8. The van der Waals surface area contributed by atoms with Crippen molar-refractivity contribution < 1.29 is 28.2 Å². The van der Waals surface area contributed by atoms with Crippen LogP contribution in [0.3, 0.4) is 0 Å². The molecule has 1 aliphatic heterocycles. The van der Waals surface area contributed by atoms with Gasteiger partial charge in [-0.1, -0.05) is 62.7 Å². The minimum atomic E-state index is -1.25. The van der Waals surface area contributed by atoms with Gasteiger partial charge >= 0.3 is 6.09 Å². The molecule has 8 nitrogen and oxygen atoms in total. The maximum Gasteiger partial charge on any atom is 0.404 e. The second kappa shape index (κ2) is 9.55. The predicted molar refractivity (Wildman–Crippen MR) is 136 cm³/mol. The molecule has 1 aromatic heterocycles. The van der Waals surface area contributed by atoms with Gasteiger partial charge in [-0.3, -0.25) is 4.79 Å². The monoisotopic (exact) mass is 527 g/mol. The topological polar surface area (TPSA) is 127 Å². The number of hydrogen-bond donors (Lipinski definition) is 2. The van der Waals surface area contributed by atoms with E-state index >= 15 is 4.39 Å². The molecular weight excluding hydrogens is 501 g/mol. The molecule has 4 N–H and O–H groups in total. The number of ether oxygens (including phenoxy) is 3. The molecule has 0 saturated heterocycles. The van der Waals surface area contributed by atoms with Gasteiger partial charge in [0.2, 0.25) is 0 Å². The largest absolute Gasteiger partial charge is 0.479 e. The van der Waals surface area contributed by atoms with Crippen molar-refractivity contribution in [3.63, 3.8) is 0 Å². The first-order valence-corrected chi connectivity index (χ1v) is 11.8. The number of rotatable bonds is 6. The molecule has 10 heteroatoms. The Morgan fingerprint density at radius 1 is 1.14 bits per heavy atom. The molecule has 2 atom stereocenters. The van der Waals surface area contributed by atoms with Crippen LogP contribution in [-0.4, -0.2) is 30.2 Å².